The van der Waals surface area contributed by atoms with Gasteiger partial charge in [-0.3, -0.25) is 9.59 Å². The van der Waals surface area contributed by atoms with E-state index in [-0.39, 0.29) is 17.4 Å². The summed E-state index contributed by atoms with van der Waals surface area (Å²) in [5.74, 6) is 1.71. The van der Waals surface area contributed by atoms with Gasteiger partial charge in [0.2, 0.25) is 0 Å². The van der Waals surface area contributed by atoms with Crippen molar-refractivity contribution in [2.45, 2.75) is 58.9 Å². The first kappa shape index (κ1) is 17.8. The molecule has 4 rings (SSSR count). The molecule has 1 fully saturated rings. The van der Waals surface area contributed by atoms with Gasteiger partial charge in [0.05, 0.1) is 11.3 Å². The second-order valence-corrected chi connectivity index (χ2v) is 7.61. The molecular weight excluding hydrogens is 342 g/mol. The van der Waals surface area contributed by atoms with Crippen molar-refractivity contribution in [1.82, 2.24) is 24.4 Å². The monoisotopic (exact) mass is 367 g/mol. The lowest BCUT2D eigenvalue weighted by molar-refractivity contribution is 0.0702. The van der Waals surface area contributed by atoms with Crippen LogP contribution in [-0.4, -0.2) is 43.4 Å². The molecule has 1 unspecified atom stereocenters. The smallest absolute Gasteiger partial charge is 0.276 e. The Bertz CT molecular complexity index is 966. The summed E-state index contributed by atoms with van der Waals surface area (Å²) in [4.78, 5) is 40.0. The number of fused-ring (bicyclic) bond motifs is 1. The third-order valence-corrected chi connectivity index (χ3v) is 5.75. The predicted octanol–water partition coefficient (Wildman–Crippen LogP) is 1.92. The second kappa shape index (κ2) is 6.87. The van der Waals surface area contributed by atoms with Gasteiger partial charge in [0.15, 0.2) is 0 Å². The molecule has 4 heterocycles. The van der Waals surface area contributed by atoms with Gasteiger partial charge in [0.25, 0.3) is 11.5 Å². The average Bonchev–Trinajstić information content (AvgIpc) is 3.10. The standard InChI is InChI=1S/C20H25N5O2/c1-12-18(25-9-5-7-17(25)23-19(12)26)15-6-4-8-24(11-15)20(27)16-10-21-14(3)22-13(16)2/h10,15H,4-9,11H2,1-3H3. The number of hydrogen-bond acceptors (Lipinski definition) is 5. The van der Waals surface area contributed by atoms with E-state index in [1.165, 1.54) is 0 Å². The topological polar surface area (TPSA) is 81.0 Å². The lowest BCUT2D eigenvalue weighted by Crippen LogP contribution is -2.41. The molecule has 0 saturated carbocycles. The molecule has 2 aromatic rings. The predicted molar refractivity (Wildman–Crippen MR) is 101 cm³/mol. The van der Waals surface area contributed by atoms with Crippen molar-refractivity contribution in [3.8, 4) is 0 Å². The van der Waals surface area contributed by atoms with Gasteiger partial charge in [-0.1, -0.05) is 0 Å². The molecule has 0 spiro atoms. The Balaban J connectivity index is 1.65. The number of aryl methyl sites for hydroxylation is 3. The molecule has 0 N–H and O–H groups in total. The van der Waals surface area contributed by atoms with Gasteiger partial charge in [0.1, 0.15) is 11.6 Å². The van der Waals surface area contributed by atoms with Crippen molar-refractivity contribution < 1.29 is 4.79 Å². The highest BCUT2D eigenvalue weighted by atomic mass is 16.2. The number of hydrogen-bond donors (Lipinski definition) is 0. The van der Waals surface area contributed by atoms with Crippen LogP contribution in [0.5, 0.6) is 0 Å². The number of piperidine rings is 1. The van der Waals surface area contributed by atoms with Gasteiger partial charge >= 0.3 is 0 Å². The Morgan fingerprint density at radius 1 is 1.15 bits per heavy atom. The maximum atomic E-state index is 13.1. The van der Waals surface area contributed by atoms with Crippen LogP contribution < -0.4 is 5.56 Å². The van der Waals surface area contributed by atoms with Gasteiger partial charge in [0, 0.05) is 49.4 Å². The molecule has 1 amide bonds. The van der Waals surface area contributed by atoms with Gasteiger partial charge in [-0.2, -0.15) is 4.98 Å². The molecule has 1 saturated heterocycles. The number of nitrogens with zero attached hydrogens (tertiary/aromatic N) is 5. The number of carbonyl (C=O) groups excluding carboxylic acids is 1. The van der Waals surface area contributed by atoms with Crippen LogP contribution in [0.3, 0.4) is 0 Å². The van der Waals surface area contributed by atoms with Crippen molar-refractivity contribution >= 4 is 5.91 Å². The summed E-state index contributed by atoms with van der Waals surface area (Å²) in [6.45, 7) is 7.80. The molecule has 7 heteroatoms. The SMILES string of the molecule is Cc1ncc(C(=O)N2CCCC(c3c(C)c(=O)nc4n3CCC4)C2)c(C)n1. The largest absolute Gasteiger partial charge is 0.338 e. The van der Waals surface area contributed by atoms with Crippen LogP contribution in [-0.2, 0) is 13.0 Å². The summed E-state index contributed by atoms with van der Waals surface area (Å²) in [7, 11) is 0. The fourth-order valence-corrected chi connectivity index (χ4v) is 4.42. The first-order valence-electron chi connectivity index (χ1n) is 9.65. The van der Waals surface area contributed by atoms with E-state index in [1.54, 1.807) is 6.20 Å². The molecule has 142 valence electrons. The highest BCUT2D eigenvalue weighted by Crippen LogP contribution is 2.31. The van der Waals surface area contributed by atoms with Gasteiger partial charge < -0.3 is 9.47 Å². The maximum Gasteiger partial charge on any atom is 0.276 e. The van der Waals surface area contributed by atoms with E-state index in [0.29, 0.717) is 23.6 Å². The summed E-state index contributed by atoms with van der Waals surface area (Å²) in [6.07, 6.45) is 5.42. The summed E-state index contributed by atoms with van der Waals surface area (Å²) in [5.41, 5.74) is 2.97. The van der Waals surface area contributed by atoms with E-state index in [4.69, 9.17) is 0 Å². The summed E-state index contributed by atoms with van der Waals surface area (Å²) < 4.78 is 2.22. The van der Waals surface area contributed by atoms with E-state index >= 15 is 0 Å². The number of rotatable bonds is 2. The average molecular weight is 367 g/mol. The minimum Gasteiger partial charge on any atom is -0.338 e. The zero-order chi connectivity index (χ0) is 19.1. The van der Waals surface area contributed by atoms with Crippen LogP contribution in [0.25, 0.3) is 0 Å². The fourth-order valence-electron chi connectivity index (χ4n) is 4.42. The van der Waals surface area contributed by atoms with E-state index in [9.17, 15) is 9.59 Å². The van der Waals surface area contributed by atoms with Gasteiger partial charge in [-0.05, 0) is 40.0 Å². The Kier molecular flexibility index (Phi) is 4.53. The molecule has 2 aliphatic heterocycles. The van der Waals surface area contributed by atoms with Gasteiger partial charge in [-0.15, -0.1) is 0 Å². The quantitative estimate of drug-likeness (QED) is 0.810. The molecule has 0 bridgehead atoms. The van der Waals surface area contributed by atoms with E-state index in [0.717, 1.165) is 55.9 Å². The molecule has 7 nitrogen and oxygen atoms in total. The highest BCUT2D eigenvalue weighted by Gasteiger charge is 2.31. The lowest BCUT2D eigenvalue weighted by Gasteiger charge is -2.34. The molecule has 27 heavy (non-hydrogen) atoms. The van der Waals surface area contributed by atoms with Crippen LogP contribution in [0.4, 0.5) is 0 Å². The number of aromatic nitrogens is 4. The molecule has 2 aliphatic rings. The van der Waals surface area contributed by atoms with Crippen LogP contribution in [0.2, 0.25) is 0 Å². The normalized spacial score (nSPS) is 19.2. The highest BCUT2D eigenvalue weighted by molar-refractivity contribution is 5.95. The van der Waals surface area contributed by atoms with Crippen molar-refractivity contribution in [1.29, 1.82) is 0 Å². The minimum atomic E-state index is -0.121. The third-order valence-electron chi connectivity index (χ3n) is 5.75. The van der Waals surface area contributed by atoms with E-state index in [2.05, 4.69) is 19.5 Å². The zero-order valence-electron chi connectivity index (χ0n) is 16.2. The third kappa shape index (κ3) is 3.15. The van der Waals surface area contributed by atoms with Crippen LogP contribution in [0.1, 0.15) is 64.1 Å². The second-order valence-electron chi connectivity index (χ2n) is 7.61. The number of carbonyl (C=O) groups is 1. The van der Waals surface area contributed by atoms with Crippen LogP contribution in [0, 0.1) is 20.8 Å². The van der Waals surface area contributed by atoms with Crippen molar-refractivity contribution in [3.63, 3.8) is 0 Å². The van der Waals surface area contributed by atoms with Crippen LogP contribution in [0.15, 0.2) is 11.0 Å². The minimum absolute atomic E-state index is 0.0205. The zero-order valence-corrected chi connectivity index (χ0v) is 16.2. The van der Waals surface area contributed by atoms with E-state index in [1.807, 2.05) is 25.7 Å². The Morgan fingerprint density at radius 3 is 2.74 bits per heavy atom. The van der Waals surface area contributed by atoms with Crippen molar-refractivity contribution in [2.75, 3.05) is 13.1 Å². The Morgan fingerprint density at radius 2 is 1.96 bits per heavy atom. The summed E-state index contributed by atoms with van der Waals surface area (Å²) >= 11 is 0. The number of amides is 1. The van der Waals surface area contributed by atoms with Crippen LogP contribution >= 0.6 is 0 Å². The van der Waals surface area contributed by atoms with E-state index < -0.39 is 0 Å². The molecule has 0 aromatic carbocycles. The summed E-state index contributed by atoms with van der Waals surface area (Å²) in [5, 5.41) is 0. The Hall–Kier alpha value is -2.57. The molecule has 0 radical (unpaired) electrons. The molecular formula is C20H25N5O2. The van der Waals surface area contributed by atoms with Crippen molar-refractivity contribution in [3.05, 3.63) is 50.7 Å². The fraction of sp³-hybridized carbons (Fsp3) is 0.550. The summed E-state index contributed by atoms with van der Waals surface area (Å²) in [6, 6.07) is 0. The van der Waals surface area contributed by atoms with Crippen molar-refractivity contribution in [2.24, 2.45) is 0 Å². The first-order chi connectivity index (χ1) is 13.0. The van der Waals surface area contributed by atoms with Gasteiger partial charge in [-0.25, -0.2) is 9.97 Å². The molecule has 2 aromatic heterocycles. The molecule has 1 atom stereocenters. The number of likely N-dealkylation sites (tertiary alicyclic amines) is 1. The maximum absolute atomic E-state index is 13.1. The Labute approximate surface area is 158 Å². The lowest BCUT2D eigenvalue weighted by atomic mass is 9.91. The first-order valence-corrected chi connectivity index (χ1v) is 9.65. The molecule has 0 aliphatic carbocycles.